The summed E-state index contributed by atoms with van der Waals surface area (Å²) in [6.07, 6.45) is -2.16. The van der Waals surface area contributed by atoms with Gasteiger partial charge in [-0.3, -0.25) is 9.89 Å². The van der Waals surface area contributed by atoms with E-state index in [9.17, 15) is 18.7 Å². The Morgan fingerprint density at radius 2 is 2.47 bits per heavy atom. The molecule has 0 aromatic carbocycles. The molecule has 1 amide bonds. The maximum absolute atomic E-state index is 12.3. The van der Waals surface area contributed by atoms with Crippen molar-refractivity contribution in [2.75, 3.05) is 13.2 Å². The summed E-state index contributed by atoms with van der Waals surface area (Å²) in [5.74, 6) is -0.611. The minimum absolute atomic E-state index is 0.000369. The number of aliphatic hydroxyl groups excluding tert-OH is 1. The molecule has 2 rings (SSSR count). The van der Waals surface area contributed by atoms with E-state index in [1.807, 2.05) is 0 Å². The van der Waals surface area contributed by atoms with Crippen molar-refractivity contribution < 1.29 is 23.4 Å². The third-order valence-corrected chi connectivity index (χ3v) is 2.93. The van der Waals surface area contributed by atoms with E-state index in [1.165, 1.54) is 0 Å². The average molecular weight is 275 g/mol. The number of nitrogens with zero attached hydrogens (tertiary/aromatic N) is 1. The van der Waals surface area contributed by atoms with Crippen molar-refractivity contribution in [1.29, 1.82) is 0 Å². The lowest BCUT2D eigenvalue weighted by Gasteiger charge is -2.17. The van der Waals surface area contributed by atoms with Crippen LogP contribution in [0.5, 0.6) is 0 Å². The zero-order valence-electron chi connectivity index (χ0n) is 10.1. The Morgan fingerprint density at radius 3 is 3.05 bits per heavy atom. The van der Waals surface area contributed by atoms with Crippen LogP contribution in [0.3, 0.4) is 0 Å². The SMILES string of the molecule is O=C(NCC(O)C1CCCO1)c1cc(C(F)F)[nH]n1. The topological polar surface area (TPSA) is 87.2 Å². The van der Waals surface area contributed by atoms with Crippen LogP contribution in [0.4, 0.5) is 8.78 Å². The molecule has 1 aliphatic heterocycles. The molecule has 2 atom stereocenters. The molecule has 0 aliphatic carbocycles. The molecular formula is C11H15F2N3O3. The van der Waals surface area contributed by atoms with E-state index in [1.54, 1.807) is 0 Å². The minimum atomic E-state index is -2.70. The lowest BCUT2D eigenvalue weighted by molar-refractivity contribution is -0.000101. The van der Waals surface area contributed by atoms with Gasteiger partial charge in [0.15, 0.2) is 0 Å². The van der Waals surface area contributed by atoms with Crippen molar-refractivity contribution in [3.8, 4) is 0 Å². The number of aliphatic hydroxyl groups is 1. The number of alkyl halides is 2. The lowest BCUT2D eigenvalue weighted by Crippen LogP contribution is -2.38. The van der Waals surface area contributed by atoms with Gasteiger partial charge in [-0.05, 0) is 18.9 Å². The number of rotatable bonds is 5. The molecule has 2 heterocycles. The van der Waals surface area contributed by atoms with E-state index in [4.69, 9.17) is 4.74 Å². The number of halogens is 2. The van der Waals surface area contributed by atoms with E-state index in [0.29, 0.717) is 6.61 Å². The summed E-state index contributed by atoms with van der Waals surface area (Å²) in [5.41, 5.74) is -0.542. The summed E-state index contributed by atoms with van der Waals surface area (Å²) in [7, 11) is 0. The largest absolute Gasteiger partial charge is 0.389 e. The highest BCUT2D eigenvalue weighted by Crippen LogP contribution is 2.17. The first-order valence-electron chi connectivity index (χ1n) is 5.99. The van der Waals surface area contributed by atoms with Crippen LogP contribution >= 0.6 is 0 Å². The number of nitrogens with one attached hydrogen (secondary N) is 2. The van der Waals surface area contributed by atoms with Gasteiger partial charge in [0.25, 0.3) is 12.3 Å². The summed E-state index contributed by atoms with van der Waals surface area (Å²) in [5, 5.41) is 17.7. The number of H-pyrrole nitrogens is 1. The van der Waals surface area contributed by atoms with Gasteiger partial charge in [0.2, 0.25) is 0 Å². The van der Waals surface area contributed by atoms with Crippen molar-refractivity contribution in [3.63, 3.8) is 0 Å². The summed E-state index contributed by atoms with van der Waals surface area (Å²) in [4.78, 5) is 11.6. The van der Waals surface area contributed by atoms with Crippen LogP contribution in [0, 0.1) is 0 Å². The van der Waals surface area contributed by atoms with Gasteiger partial charge in [0.05, 0.1) is 12.2 Å². The summed E-state index contributed by atoms with van der Waals surface area (Å²) in [6.45, 7) is 0.604. The minimum Gasteiger partial charge on any atom is -0.389 e. The van der Waals surface area contributed by atoms with E-state index in [-0.39, 0.29) is 18.3 Å². The molecule has 0 saturated carbocycles. The van der Waals surface area contributed by atoms with Gasteiger partial charge in [-0.15, -0.1) is 0 Å². The second kappa shape index (κ2) is 6.07. The van der Waals surface area contributed by atoms with Crippen LogP contribution < -0.4 is 5.32 Å². The summed E-state index contributed by atoms with van der Waals surface area (Å²) < 4.78 is 29.9. The van der Waals surface area contributed by atoms with Gasteiger partial charge in [0.1, 0.15) is 11.4 Å². The zero-order chi connectivity index (χ0) is 13.8. The normalized spacial score (nSPS) is 20.7. The summed E-state index contributed by atoms with van der Waals surface area (Å²) in [6, 6.07) is 0.985. The Bertz CT molecular complexity index is 433. The molecule has 1 aromatic rings. The summed E-state index contributed by atoms with van der Waals surface area (Å²) >= 11 is 0. The molecule has 0 bridgehead atoms. The fourth-order valence-electron chi connectivity index (χ4n) is 1.89. The Labute approximate surface area is 108 Å². The third kappa shape index (κ3) is 3.48. The molecule has 3 N–H and O–H groups in total. The van der Waals surface area contributed by atoms with E-state index in [0.717, 1.165) is 18.9 Å². The van der Waals surface area contributed by atoms with Crippen molar-refractivity contribution >= 4 is 5.91 Å². The van der Waals surface area contributed by atoms with E-state index >= 15 is 0 Å². The third-order valence-electron chi connectivity index (χ3n) is 2.93. The standard InChI is InChI=1S/C11H15F2N3O3/c12-10(13)6-4-7(16-15-6)11(18)14-5-8(17)9-2-1-3-19-9/h4,8-10,17H,1-3,5H2,(H,14,18)(H,15,16). The molecule has 2 unspecified atom stereocenters. The van der Waals surface area contributed by atoms with Crippen LogP contribution in [0.15, 0.2) is 6.07 Å². The van der Waals surface area contributed by atoms with Crippen molar-refractivity contribution in [3.05, 3.63) is 17.5 Å². The first-order chi connectivity index (χ1) is 9.08. The monoisotopic (exact) mass is 275 g/mol. The number of hydrogen-bond acceptors (Lipinski definition) is 4. The van der Waals surface area contributed by atoms with Gasteiger partial charge in [-0.2, -0.15) is 5.10 Å². The highest BCUT2D eigenvalue weighted by atomic mass is 19.3. The predicted molar refractivity (Wildman–Crippen MR) is 60.9 cm³/mol. The molecule has 106 valence electrons. The van der Waals surface area contributed by atoms with Crippen LogP contribution in [0.25, 0.3) is 0 Å². The number of amides is 1. The van der Waals surface area contributed by atoms with Crippen LogP contribution in [-0.4, -0.2) is 46.6 Å². The first-order valence-corrected chi connectivity index (χ1v) is 5.99. The molecular weight excluding hydrogens is 260 g/mol. The van der Waals surface area contributed by atoms with E-state index in [2.05, 4.69) is 15.5 Å². The molecule has 19 heavy (non-hydrogen) atoms. The van der Waals surface area contributed by atoms with Gasteiger partial charge in [-0.25, -0.2) is 8.78 Å². The van der Waals surface area contributed by atoms with Crippen LogP contribution in [0.2, 0.25) is 0 Å². The molecule has 1 fully saturated rings. The Hall–Kier alpha value is -1.54. The molecule has 0 spiro atoms. The molecule has 1 aliphatic rings. The maximum atomic E-state index is 12.3. The molecule has 1 saturated heterocycles. The smallest absolute Gasteiger partial charge is 0.279 e. The number of aromatic amines is 1. The lowest BCUT2D eigenvalue weighted by atomic mass is 10.1. The Kier molecular flexibility index (Phi) is 4.43. The number of carbonyl (C=O) groups is 1. The predicted octanol–water partition coefficient (Wildman–Crippen LogP) is 0.617. The van der Waals surface area contributed by atoms with Gasteiger partial charge < -0.3 is 15.2 Å². The molecule has 6 nitrogen and oxygen atoms in total. The fourth-order valence-corrected chi connectivity index (χ4v) is 1.89. The van der Waals surface area contributed by atoms with Gasteiger partial charge >= 0.3 is 0 Å². The first kappa shape index (κ1) is 13.9. The number of hydrogen-bond donors (Lipinski definition) is 3. The number of ether oxygens (including phenoxy) is 1. The van der Waals surface area contributed by atoms with Gasteiger partial charge in [-0.1, -0.05) is 0 Å². The van der Waals surface area contributed by atoms with E-state index < -0.39 is 24.1 Å². The highest BCUT2D eigenvalue weighted by Gasteiger charge is 2.25. The van der Waals surface area contributed by atoms with Crippen molar-refractivity contribution in [2.24, 2.45) is 0 Å². The van der Waals surface area contributed by atoms with Gasteiger partial charge in [0, 0.05) is 13.2 Å². The fraction of sp³-hybridized carbons (Fsp3) is 0.636. The molecule has 8 heteroatoms. The zero-order valence-corrected chi connectivity index (χ0v) is 10.1. The quantitative estimate of drug-likeness (QED) is 0.735. The van der Waals surface area contributed by atoms with Crippen LogP contribution in [-0.2, 0) is 4.74 Å². The second-order valence-electron chi connectivity index (χ2n) is 4.34. The molecule has 0 radical (unpaired) electrons. The van der Waals surface area contributed by atoms with Crippen molar-refractivity contribution in [2.45, 2.75) is 31.5 Å². The van der Waals surface area contributed by atoms with Crippen LogP contribution in [0.1, 0.15) is 35.4 Å². The Balaban J connectivity index is 1.83. The van der Waals surface area contributed by atoms with Crippen molar-refractivity contribution in [1.82, 2.24) is 15.5 Å². The molecule has 1 aromatic heterocycles. The number of carbonyl (C=O) groups excluding carboxylic acids is 1. The second-order valence-corrected chi connectivity index (χ2v) is 4.34. The number of aromatic nitrogens is 2. The average Bonchev–Trinajstić information content (AvgIpc) is 3.05. The Morgan fingerprint density at radius 1 is 1.68 bits per heavy atom. The maximum Gasteiger partial charge on any atom is 0.279 e. The highest BCUT2D eigenvalue weighted by molar-refractivity contribution is 5.92.